The van der Waals surface area contributed by atoms with Crippen molar-refractivity contribution >= 4 is 22.4 Å². The maximum absolute atomic E-state index is 12.3. The van der Waals surface area contributed by atoms with Crippen LogP contribution in [-0.2, 0) is 9.53 Å². The first-order valence-corrected chi connectivity index (χ1v) is 7.84. The number of nitrogens with zero attached hydrogens (tertiary/aromatic N) is 3. The van der Waals surface area contributed by atoms with Crippen molar-refractivity contribution < 1.29 is 14.3 Å². The van der Waals surface area contributed by atoms with E-state index in [2.05, 4.69) is 10.2 Å². The molecule has 0 saturated carbocycles. The SMILES string of the molecule is COc1ccc(-c2nnc(N(C)C(=O)[C@H]3CCOC3)s2)cc1. The monoisotopic (exact) mass is 319 g/mol. The van der Waals surface area contributed by atoms with Gasteiger partial charge in [-0.15, -0.1) is 10.2 Å². The van der Waals surface area contributed by atoms with Gasteiger partial charge in [-0.25, -0.2) is 0 Å². The minimum Gasteiger partial charge on any atom is -0.497 e. The lowest BCUT2D eigenvalue weighted by Crippen LogP contribution is -2.33. The van der Waals surface area contributed by atoms with Crippen molar-refractivity contribution in [1.29, 1.82) is 0 Å². The third kappa shape index (κ3) is 2.95. The number of hydrogen-bond donors (Lipinski definition) is 0. The first-order valence-electron chi connectivity index (χ1n) is 7.02. The Morgan fingerprint density at radius 3 is 2.77 bits per heavy atom. The third-order valence-electron chi connectivity index (χ3n) is 3.65. The fraction of sp³-hybridized carbons (Fsp3) is 0.400. The smallest absolute Gasteiger partial charge is 0.234 e. The third-order valence-corrected chi connectivity index (χ3v) is 4.70. The topological polar surface area (TPSA) is 64.6 Å². The Kier molecular flexibility index (Phi) is 4.35. The van der Waals surface area contributed by atoms with Crippen LogP contribution in [0.3, 0.4) is 0 Å². The average Bonchev–Trinajstić information content (AvgIpc) is 3.25. The largest absolute Gasteiger partial charge is 0.497 e. The summed E-state index contributed by atoms with van der Waals surface area (Å²) in [5, 5.41) is 9.68. The highest BCUT2D eigenvalue weighted by atomic mass is 32.1. The van der Waals surface area contributed by atoms with E-state index < -0.39 is 0 Å². The van der Waals surface area contributed by atoms with Crippen LogP contribution in [0.5, 0.6) is 5.75 Å². The lowest BCUT2D eigenvalue weighted by molar-refractivity contribution is -0.122. The van der Waals surface area contributed by atoms with Crippen LogP contribution in [0.15, 0.2) is 24.3 Å². The number of benzene rings is 1. The van der Waals surface area contributed by atoms with Crippen LogP contribution in [-0.4, -0.2) is 43.5 Å². The fourth-order valence-corrected chi connectivity index (χ4v) is 3.12. The summed E-state index contributed by atoms with van der Waals surface area (Å²) in [5.74, 6) is 0.760. The molecule has 2 heterocycles. The van der Waals surface area contributed by atoms with Crippen LogP contribution < -0.4 is 9.64 Å². The predicted molar refractivity (Wildman–Crippen MR) is 84.2 cm³/mol. The summed E-state index contributed by atoms with van der Waals surface area (Å²) >= 11 is 1.40. The molecule has 0 aliphatic carbocycles. The minimum absolute atomic E-state index is 0.0370. The van der Waals surface area contributed by atoms with Crippen molar-refractivity contribution in [2.24, 2.45) is 5.92 Å². The molecule has 7 heteroatoms. The Hall–Kier alpha value is -1.99. The number of rotatable bonds is 4. The van der Waals surface area contributed by atoms with E-state index >= 15 is 0 Å². The number of amides is 1. The van der Waals surface area contributed by atoms with Crippen LogP contribution in [0.25, 0.3) is 10.6 Å². The molecule has 22 heavy (non-hydrogen) atoms. The van der Waals surface area contributed by atoms with E-state index in [0.717, 1.165) is 22.7 Å². The second-order valence-electron chi connectivity index (χ2n) is 5.08. The molecule has 0 bridgehead atoms. The molecule has 0 N–H and O–H groups in total. The van der Waals surface area contributed by atoms with E-state index in [0.29, 0.717) is 18.3 Å². The van der Waals surface area contributed by atoms with Gasteiger partial charge in [-0.2, -0.15) is 0 Å². The first-order chi connectivity index (χ1) is 10.7. The van der Waals surface area contributed by atoms with Gasteiger partial charge in [0.15, 0.2) is 0 Å². The zero-order valence-electron chi connectivity index (χ0n) is 12.5. The zero-order valence-corrected chi connectivity index (χ0v) is 13.3. The first kappa shape index (κ1) is 14.9. The Morgan fingerprint density at radius 1 is 1.36 bits per heavy atom. The molecule has 1 amide bonds. The van der Waals surface area contributed by atoms with Crippen LogP contribution >= 0.6 is 11.3 Å². The number of methoxy groups -OCH3 is 1. The van der Waals surface area contributed by atoms with Gasteiger partial charge in [0.05, 0.1) is 19.6 Å². The van der Waals surface area contributed by atoms with Crippen molar-refractivity contribution in [1.82, 2.24) is 10.2 Å². The lowest BCUT2D eigenvalue weighted by atomic mass is 10.1. The maximum atomic E-state index is 12.3. The highest BCUT2D eigenvalue weighted by molar-refractivity contribution is 7.18. The molecule has 116 valence electrons. The van der Waals surface area contributed by atoms with Crippen LogP contribution in [0.1, 0.15) is 6.42 Å². The van der Waals surface area contributed by atoms with Gasteiger partial charge in [-0.3, -0.25) is 9.69 Å². The van der Waals surface area contributed by atoms with E-state index in [9.17, 15) is 4.79 Å². The maximum Gasteiger partial charge on any atom is 0.234 e. The number of anilines is 1. The lowest BCUT2D eigenvalue weighted by Gasteiger charge is -2.16. The fourth-order valence-electron chi connectivity index (χ4n) is 2.30. The summed E-state index contributed by atoms with van der Waals surface area (Å²) in [6, 6.07) is 7.60. The van der Waals surface area contributed by atoms with Gasteiger partial charge in [0.25, 0.3) is 0 Å². The molecular weight excluding hydrogens is 302 g/mol. The Labute approximate surface area is 132 Å². The summed E-state index contributed by atoms with van der Waals surface area (Å²) in [4.78, 5) is 13.9. The highest BCUT2D eigenvalue weighted by Gasteiger charge is 2.28. The Morgan fingerprint density at radius 2 is 2.14 bits per heavy atom. The van der Waals surface area contributed by atoms with E-state index in [1.165, 1.54) is 11.3 Å². The molecule has 1 fully saturated rings. The van der Waals surface area contributed by atoms with Gasteiger partial charge in [-0.05, 0) is 30.7 Å². The molecule has 1 aromatic carbocycles. The number of aromatic nitrogens is 2. The molecule has 0 radical (unpaired) electrons. The van der Waals surface area contributed by atoms with Crippen LogP contribution in [0, 0.1) is 5.92 Å². The number of ether oxygens (including phenoxy) is 2. The second-order valence-corrected chi connectivity index (χ2v) is 6.03. The highest BCUT2D eigenvalue weighted by Crippen LogP contribution is 2.30. The molecule has 0 spiro atoms. The molecule has 1 aliphatic rings. The van der Waals surface area contributed by atoms with Gasteiger partial charge < -0.3 is 9.47 Å². The van der Waals surface area contributed by atoms with Crippen LogP contribution in [0.2, 0.25) is 0 Å². The van der Waals surface area contributed by atoms with Crippen molar-refractivity contribution in [3.8, 4) is 16.3 Å². The molecule has 0 unspecified atom stereocenters. The molecule has 6 nitrogen and oxygen atoms in total. The van der Waals surface area contributed by atoms with Gasteiger partial charge in [0.1, 0.15) is 10.8 Å². The van der Waals surface area contributed by atoms with Gasteiger partial charge in [0.2, 0.25) is 11.0 Å². The van der Waals surface area contributed by atoms with E-state index in [4.69, 9.17) is 9.47 Å². The molecule has 1 aliphatic heterocycles. The minimum atomic E-state index is -0.0710. The molecule has 1 atom stereocenters. The number of hydrogen-bond acceptors (Lipinski definition) is 6. The van der Waals surface area contributed by atoms with Gasteiger partial charge >= 0.3 is 0 Å². The standard InChI is InChI=1S/C15H17N3O3S/c1-18(14(19)11-7-8-21-9-11)15-17-16-13(22-15)10-3-5-12(20-2)6-4-10/h3-6,11H,7-9H2,1-2H3/t11-/m0/s1. The Balaban J connectivity index is 1.75. The van der Waals surface area contributed by atoms with Gasteiger partial charge in [0, 0.05) is 19.2 Å². The molecule has 1 saturated heterocycles. The van der Waals surface area contributed by atoms with Crippen molar-refractivity contribution in [2.45, 2.75) is 6.42 Å². The van der Waals surface area contributed by atoms with Crippen molar-refractivity contribution in [3.63, 3.8) is 0 Å². The Bertz CT molecular complexity index is 650. The summed E-state index contributed by atoms with van der Waals surface area (Å²) in [5.41, 5.74) is 0.953. The van der Waals surface area contributed by atoms with E-state index in [1.54, 1.807) is 19.1 Å². The average molecular weight is 319 g/mol. The van der Waals surface area contributed by atoms with Crippen molar-refractivity contribution in [2.75, 3.05) is 32.3 Å². The molecule has 2 aromatic rings. The molecule has 3 rings (SSSR count). The quantitative estimate of drug-likeness (QED) is 0.864. The molecule has 1 aromatic heterocycles. The molecular formula is C15H17N3O3S. The van der Waals surface area contributed by atoms with E-state index in [-0.39, 0.29) is 11.8 Å². The summed E-state index contributed by atoms with van der Waals surface area (Å²) in [6.07, 6.45) is 0.771. The van der Waals surface area contributed by atoms with Crippen molar-refractivity contribution in [3.05, 3.63) is 24.3 Å². The predicted octanol–water partition coefficient (Wildman–Crippen LogP) is 2.21. The van der Waals surface area contributed by atoms with Gasteiger partial charge in [-0.1, -0.05) is 11.3 Å². The second kappa shape index (κ2) is 6.41. The summed E-state index contributed by atoms with van der Waals surface area (Å²) < 4.78 is 10.4. The zero-order chi connectivity index (χ0) is 15.5. The van der Waals surface area contributed by atoms with E-state index in [1.807, 2.05) is 24.3 Å². The normalized spacial score (nSPS) is 17.5. The number of carbonyl (C=O) groups excluding carboxylic acids is 1. The van der Waals surface area contributed by atoms with Crippen LogP contribution in [0.4, 0.5) is 5.13 Å². The summed E-state index contributed by atoms with van der Waals surface area (Å²) in [6.45, 7) is 1.14. The summed E-state index contributed by atoms with van der Waals surface area (Å²) in [7, 11) is 3.37. The number of carbonyl (C=O) groups is 1.